The van der Waals surface area contributed by atoms with Gasteiger partial charge in [-0.3, -0.25) is 19.3 Å². The molecule has 3 fully saturated rings. The van der Waals surface area contributed by atoms with Crippen LogP contribution >= 0.6 is 0 Å². The molecule has 1 aromatic heterocycles. The van der Waals surface area contributed by atoms with Gasteiger partial charge in [0.1, 0.15) is 11.9 Å². The number of carbonyl (C=O) groups is 3. The predicted molar refractivity (Wildman–Crippen MR) is 129 cm³/mol. The summed E-state index contributed by atoms with van der Waals surface area (Å²) < 4.78 is 18.9. The van der Waals surface area contributed by atoms with Crippen molar-refractivity contribution in [2.24, 2.45) is 5.41 Å². The van der Waals surface area contributed by atoms with E-state index in [0.29, 0.717) is 31.8 Å². The molecule has 1 aromatic carbocycles. The summed E-state index contributed by atoms with van der Waals surface area (Å²) in [6.45, 7) is 5.40. The second-order valence-electron chi connectivity index (χ2n) is 9.62. The van der Waals surface area contributed by atoms with Gasteiger partial charge in [-0.15, -0.1) is 5.10 Å². The maximum atomic E-state index is 13.2. The standard InChI is InChI=1S/C23H30FN7O3.CH2O2/c24-17-1-3-18(4-2-17)30-13-11-29(12-14-30)8-5-19-16-23(22(33)34-19)6-9-31(10-7-23)21(32)15-20-25-27-28-26-20;2-1-3/h1-4,19H,5-16H2,(H,25,26,27,28);1H,(H,2,3). The number of tetrazole rings is 1. The lowest BCUT2D eigenvalue weighted by Crippen LogP contribution is -2.47. The van der Waals surface area contributed by atoms with E-state index in [9.17, 15) is 14.0 Å². The van der Waals surface area contributed by atoms with Crippen LogP contribution in [0.15, 0.2) is 24.3 Å². The Morgan fingerprint density at radius 3 is 2.46 bits per heavy atom. The molecular weight excluding hydrogens is 485 g/mol. The Kier molecular flexibility index (Phi) is 8.64. The number of aromatic amines is 1. The zero-order chi connectivity index (χ0) is 26.3. The molecule has 200 valence electrons. The quantitative estimate of drug-likeness (QED) is 0.415. The number of aromatic nitrogens is 4. The number of carboxylic acid groups (broad SMARTS) is 1. The topological polar surface area (TPSA) is 145 Å². The SMILES string of the molecule is O=C(Cc1nnn[nH]1)N1CCC2(CC1)CC(CCN1CCN(c3ccc(F)cc3)CC1)OC2=O.O=CO. The fraction of sp³-hybridized carbons (Fsp3) is 0.583. The number of esters is 1. The number of ether oxygens (including phenoxy) is 1. The van der Waals surface area contributed by atoms with Gasteiger partial charge >= 0.3 is 5.97 Å². The van der Waals surface area contributed by atoms with Gasteiger partial charge in [-0.05, 0) is 54.0 Å². The summed E-state index contributed by atoms with van der Waals surface area (Å²) in [7, 11) is 0. The highest BCUT2D eigenvalue weighted by Gasteiger charge is 2.50. The Morgan fingerprint density at radius 1 is 1.16 bits per heavy atom. The number of halogens is 1. The molecule has 13 heteroatoms. The third-order valence-electron chi connectivity index (χ3n) is 7.44. The molecule has 0 saturated carbocycles. The summed E-state index contributed by atoms with van der Waals surface area (Å²) >= 11 is 0. The molecule has 4 heterocycles. The van der Waals surface area contributed by atoms with Gasteiger partial charge in [0.15, 0.2) is 5.82 Å². The molecule has 2 aromatic rings. The van der Waals surface area contributed by atoms with E-state index in [1.54, 1.807) is 4.90 Å². The monoisotopic (exact) mass is 517 g/mol. The van der Waals surface area contributed by atoms with E-state index < -0.39 is 5.41 Å². The minimum Gasteiger partial charge on any atom is -0.483 e. The Bertz CT molecular complexity index is 1040. The minimum absolute atomic E-state index is 0.0314. The highest BCUT2D eigenvalue weighted by atomic mass is 19.1. The second kappa shape index (κ2) is 12.1. The smallest absolute Gasteiger partial charge is 0.312 e. The molecule has 0 aliphatic carbocycles. The normalized spacial score (nSPS) is 21.3. The minimum atomic E-state index is -0.462. The van der Waals surface area contributed by atoms with Crippen molar-refractivity contribution in [1.82, 2.24) is 30.4 Å². The van der Waals surface area contributed by atoms with E-state index in [1.165, 1.54) is 12.1 Å². The molecule has 3 saturated heterocycles. The van der Waals surface area contributed by atoms with Crippen molar-refractivity contribution in [3.63, 3.8) is 0 Å². The summed E-state index contributed by atoms with van der Waals surface area (Å²) in [6, 6.07) is 6.65. The molecule has 2 N–H and O–H groups in total. The van der Waals surface area contributed by atoms with Gasteiger partial charge in [0.2, 0.25) is 5.91 Å². The average Bonchev–Trinajstić information content (AvgIpc) is 3.52. The zero-order valence-electron chi connectivity index (χ0n) is 20.6. The number of piperazine rings is 1. The van der Waals surface area contributed by atoms with Crippen molar-refractivity contribution in [1.29, 1.82) is 0 Å². The third kappa shape index (κ3) is 6.59. The van der Waals surface area contributed by atoms with Gasteiger partial charge in [-0.2, -0.15) is 0 Å². The zero-order valence-corrected chi connectivity index (χ0v) is 20.6. The summed E-state index contributed by atoms with van der Waals surface area (Å²) in [4.78, 5) is 40.1. The Hall–Kier alpha value is -3.61. The third-order valence-corrected chi connectivity index (χ3v) is 7.44. The van der Waals surface area contributed by atoms with Crippen LogP contribution in [0.5, 0.6) is 0 Å². The number of amides is 1. The van der Waals surface area contributed by atoms with Crippen molar-refractivity contribution < 1.29 is 28.6 Å². The number of benzene rings is 1. The average molecular weight is 518 g/mol. The first-order chi connectivity index (χ1) is 17.9. The number of cyclic esters (lactones) is 1. The number of hydrogen-bond donors (Lipinski definition) is 2. The summed E-state index contributed by atoms with van der Waals surface area (Å²) in [5, 5.41) is 20.3. The van der Waals surface area contributed by atoms with Crippen LogP contribution < -0.4 is 4.90 Å². The number of nitrogens with zero attached hydrogens (tertiary/aromatic N) is 6. The Morgan fingerprint density at radius 2 is 1.84 bits per heavy atom. The van der Waals surface area contributed by atoms with E-state index in [2.05, 4.69) is 30.4 Å². The maximum absolute atomic E-state index is 13.2. The molecule has 3 aliphatic heterocycles. The van der Waals surface area contributed by atoms with Gasteiger partial charge in [0, 0.05) is 57.9 Å². The van der Waals surface area contributed by atoms with E-state index in [0.717, 1.165) is 51.3 Å². The van der Waals surface area contributed by atoms with E-state index in [4.69, 9.17) is 14.6 Å². The first-order valence-corrected chi connectivity index (χ1v) is 12.4. The molecular formula is C24H32FN7O5. The first kappa shape index (κ1) is 26.5. The van der Waals surface area contributed by atoms with E-state index >= 15 is 0 Å². The number of likely N-dealkylation sites (tertiary alicyclic amines) is 1. The Balaban J connectivity index is 0.00000102. The Labute approximate surface area is 213 Å². The number of anilines is 1. The number of carbonyl (C=O) groups excluding carboxylic acids is 2. The molecule has 1 amide bonds. The first-order valence-electron chi connectivity index (χ1n) is 12.4. The lowest BCUT2D eigenvalue weighted by atomic mass is 9.75. The van der Waals surface area contributed by atoms with Crippen LogP contribution in [0.1, 0.15) is 31.5 Å². The van der Waals surface area contributed by atoms with Crippen molar-refractivity contribution >= 4 is 24.0 Å². The molecule has 0 bridgehead atoms. The summed E-state index contributed by atoms with van der Waals surface area (Å²) in [5.74, 6) is 0.0953. The summed E-state index contributed by atoms with van der Waals surface area (Å²) in [6.07, 6.45) is 2.91. The lowest BCUT2D eigenvalue weighted by Gasteiger charge is -2.37. The molecule has 1 unspecified atom stereocenters. The van der Waals surface area contributed by atoms with Gasteiger partial charge in [0.05, 0.1) is 11.8 Å². The van der Waals surface area contributed by atoms with Gasteiger partial charge in [-0.1, -0.05) is 0 Å². The number of piperidine rings is 1. The van der Waals surface area contributed by atoms with Crippen LogP contribution in [-0.4, -0.2) is 106 Å². The fourth-order valence-electron chi connectivity index (χ4n) is 5.31. The molecule has 37 heavy (non-hydrogen) atoms. The van der Waals surface area contributed by atoms with Crippen LogP contribution in [0, 0.1) is 11.2 Å². The highest BCUT2D eigenvalue weighted by molar-refractivity contribution is 5.81. The highest BCUT2D eigenvalue weighted by Crippen LogP contribution is 2.44. The second-order valence-corrected chi connectivity index (χ2v) is 9.62. The van der Waals surface area contributed by atoms with Crippen LogP contribution in [0.3, 0.4) is 0 Å². The van der Waals surface area contributed by atoms with Crippen LogP contribution in [0.4, 0.5) is 10.1 Å². The lowest BCUT2D eigenvalue weighted by molar-refractivity contribution is -0.152. The van der Waals surface area contributed by atoms with Crippen LogP contribution in [-0.2, 0) is 25.5 Å². The fourth-order valence-corrected chi connectivity index (χ4v) is 5.31. The van der Waals surface area contributed by atoms with Crippen LogP contribution in [0.2, 0.25) is 0 Å². The maximum Gasteiger partial charge on any atom is 0.312 e. The van der Waals surface area contributed by atoms with E-state index in [1.807, 2.05) is 12.1 Å². The van der Waals surface area contributed by atoms with Gasteiger partial charge in [-0.25, -0.2) is 9.49 Å². The van der Waals surface area contributed by atoms with Crippen molar-refractivity contribution in [3.8, 4) is 0 Å². The molecule has 1 spiro atoms. The van der Waals surface area contributed by atoms with Gasteiger partial charge < -0.3 is 19.6 Å². The predicted octanol–water partition coefficient (Wildman–Crippen LogP) is 0.719. The molecule has 3 aliphatic rings. The van der Waals surface area contributed by atoms with Crippen molar-refractivity contribution in [2.45, 2.75) is 38.2 Å². The number of H-pyrrole nitrogens is 1. The molecule has 12 nitrogen and oxygen atoms in total. The number of hydrogen-bond acceptors (Lipinski definition) is 9. The van der Waals surface area contributed by atoms with E-state index in [-0.39, 0.29) is 36.7 Å². The van der Waals surface area contributed by atoms with Crippen molar-refractivity contribution in [2.75, 3.05) is 50.7 Å². The largest absolute Gasteiger partial charge is 0.483 e. The molecule has 1 atom stereocenters. The summed E-state index contributed by atoms with van der Waals surface area (Å²) in [5.41, 5.74) is 0.589. The van der Waals surface area contributed by atoms with Crippen LogP contribution in [0.25, 0.3) is 0 Å². The molecule has 5 rings (SSSR count). The number of rotatable bonds is 6. The number of nitrogens with one attached hydrogen (secondary N) is 1. The van der Waals surface area contributed by atoms with Gasteiger partial charge in [0.25, 0.3) is 6.47 Å². The van der Waals surface area contributed by atoms with Crippen molar-refractivity contribution in [3.05, 3.63) is 35.9 Å². The molecule has 0 radical (unpaired) electrons.